The van der Waals surface area contributed by atoms with Crippen LogP contribution in [0.3, 0.4) is 0 Å². The Balaban J connectivity index is 3.09. The lowest BCUT2D eigenvalue weighted by Crippen LogP contribution is -2.08. The largest absolute Gasteiger partial charge is 0.603 e. The average Bonchev–Trinajstić information content (AvgIpc) is 2.40. The van der Waals surface area contributed by atoms with Crippen LogP contribution in [0.4, 0.5) is 5.69 Å². The molecule has 0 bridgehead atoms. The molecule has 0 radical (unpaired) electrons. The van der Waals surface area contributed by atoms with Crippen LogP contribution in [-0.2, 0) is 15.5 Å². The summed E-state index contributed by atoms with van der Waals surface area (Å²) in [6.07, 6.45) is 5.12. The SMILES string of the molecule is C#CCS(=O)c1ccccc1N=[N+]=C=C([O-])OCC. The van der Waals surface area contributed by atoms with Gasteiger partial charge in [0.25, 0.3) is 0 Å². The quantitative estimate of drug-likeness (QED) is 0.260. The van der Waals surface area contributed by atoms with E-state index in [2.05, 4.69) is 26.4 Å². The van der Waals surface area contributed by atoms with Gasteiger partial charge in [-0.3, -0.25) is 4.21 Å². The fourth-order valence-corrected chi connectivity index (χ4v) is 2.05. The second-order valence-electron chi connectivity index (χ2n) is 3.19. The highest BCUT2D eigenvalue weighted by Crippen LogP contribution is 2.21. The van der Waals surface area contributed by atoms with E-state index in [4.69, 9.17) is 6.42 Å². The van der Waals surface area contributed by atoms with Gasteiger partial charge in [-0.05, 0) is 18.7 Å². The maximum absolute atomic E-state index is 11.8. The Bertz CT molecular complexity index is 607. The van der Waals surface area contributed by atoms with E-state index in [0.29, 0.717) is 10.6 Å². The van der Waals surface area contributed by atoms with Gasteiger partial charge in [-0.25, -0.2) is 0 Å². The molecule has 1 unspecified atom stereocenters. The molecule has 0 saturated carbocycles. The number of hydrogen-bond acceptors (Lipinski definition) is 4. The van der Waals surface area contributed by atoms with Crippen molar-refractivity contribution < 1.29 is 18.8 Å². The fraction of sp³-hybridized carbons (Fsp3) is 0.231. The van der Waals surface area contributed by atoms with Crippen molar-refractivity contribution in [3.63, 3.8) is 0 Å². The smallest absolute Gasteiger partial charge is 0.376 e. The highest BCUT2D eigenvalue weighted by atomic mass is 32.2. The van der Waals surface area contributed by atoms with Gasteiger partial charge in [-0.2, -0.15) is 0 Å². The highest BCUT2D eigenvalue weighted by Gasteiger charge is 2.10. The Morgan fingerprint density at radius 2 is 2.32 bits per heavy atom. The summed E-state index contributed by atoms with van der Waals surface area (Å²) in [6, 6.07) is 6.71. The standard InChI is InChI=1S/C13H12N2O3S/c1-3-9-19(17)12-8-6-5-7-11(12)15-14-10-13(16)18-4-2/h1,5-8H,4,9H2,2H3. The van der Waals surface area contributed by atoms with Crippen molar-refractivity contribution in [1.82, 2.24) is 0 Å². The molecule has 1 atom stereocenters. The third-order valence-electron chi connectivity index (χ3n) is 1.90. The number of ether oxygens (including phenoxy) is 1. The molecule has 0 aliphatic rings. The molecule has 0 heterocycles. The van der Waals surface area contributed by atoms with Crippen molar-refractivity contribution in [2.45, 2.75) is 11.8 Å². The lowest BCUT2D eigenvalue weighted by Gasteiger charge is -2.03. The first kappa shape index (κ1) is 14.7. The van der Waals surface area contributed by atoms with Gasteiger partial charge in [0.15, 0.2) is 11.6 Å². The molecule has 0 amide bonds. The minimum absolute atomic E-state index is 0.0951. The van der Waals surface area contributed by atoms with E-state index in [0.717, 1.165) is 0 Å². The van der Waals surface area contributed by atoms with Gasteiger partial charge in [-0.15, -0.1) is 6.42 Å². The highest BCUT2D eigenvalue weighted by molar-refractivity contribution is 7.85. The maximum Gasteiger partial charge on any atom is 0.376 e. The Morgan fingerprint density at radius 1 is 1.58 bits per heavy atom. The molecule has 0 aliphatic carbocycles. The minimum Gasteiger partial charge on any atom is -0.603 e. The fourth-order valence-electron chi connectivity index (χ4n) is 1.17. The van der Waals surface area contributed by atoms with Crippen LogP contribution in [0.15, 0.2) is 40.2 Å². The van der Waals surface area contributed by atoms with Crippen molar-refractivity contribution in [3.05, 3.63) is 30.2 Å². The van der Waals surface area contributed by atoms with Crippen LogP contribution in [0.2, 0.25) is 0 Å². The summed E-state index contributed by atoms with van der Waals surface area (Å²) in [5, 5.41) is 14.8. The molecular formula is C13H12N2O3S. The first-order valence-corrected chi connectivity index (χ1v) is 6.75. The summed E-state index contributed by atoms with van der Waals surface area (Å²) in [4.78, 5) is 3.95. The van der Waals surface area contributed by atoms with Gasteiger partial charge in [0, 0.05) is 0 Å². The number of terminal acetylenes is 1. The molecule has 19 heavy (non-hydrogen) atoms. The van der Waals surface area contributed by atoms with E-state index in [1.165, 1.54) is 0 Å². The zero-order valence-corrected chi connectivity index (χ0v) is 11.1. The van der Waals surface area contributed by atoms with Crippen LogP contribution >= 0.6 is 0 Å². The van der Waals surface area contributed by atoms with Crippen LogP contribution in [0.25, 0.3) is 0 Å². The lowest BCUT2D eigenvalue weighted by molar-refractivity contribution is -0.354. The molecular weight excluding hydrogens is 264 g/mol. The Labute approximate surface area is 113 Å². The summed E-state index contributed by atoms with van der Waals surface area (Å²) in [5.74, 6) is 3.80. The van der Waals surface area contributed by atoms with Crippen LogP contribution < -0.4 is 5.11 Å². The number of nitrogens with zero attached hydrogens (tertiary/aromatic N) is 2. The zero-order valence-electron chi connectivity index (χ0n) is 10.3. The van der Waals surface area contributed by atoms with E-state index in [1.54, 1.807) is 31.2 Å². The first-order chi connectivity index (χ1) is 9.19. The first-order valence-electron chi connectivity index (χ1n) is 5.43. The zero-order chi connectivity index (χ0) is 14.1. The number of benzene rings is 1. The van der Waals surface area contributed by atoms with Gasteiger partial charge in [0.2, 0.25) is 0 Å². The maximum atomic E-state index is 11.8. The average molecular weight is 276 g/mol. The molecule has 0 spiro atoms. The molecule has 0 aliphatic heterocycles. The van der Waals surface area contributed by atoms with Crippen LogP contribution in [0.5, 0.6) is 0 Å². The van der Waals surface area contributed by atoms with Crippen LogP contribution in [-0.4, -0.2) is 27.2 Å². The van der Waals surface area contributed by atoms with Gasteiger partial charge >= 0.3 is 5.87 Å². The van der Waals surface area contributed by atoms with Crippen molar-refractivity contribution in [3.8, 4) is 12.3 Å². The summed E-state index contributed by atoms with van der Waals surface area (Å²) >= 11 is 0. The molecule has 0 N–H and O–H groups in total. The molecule has 6 heteroatoms. The normalized spacial score (nSPS) is 10.5. The molecule has 1 aromatic rings. The van der Waals surface area contributed by atoms with Crippen molar-refractivity contribution in [2.24, 2.45) is 5.11 Å². The third-order valence-corrected chi connectivity index (χ3v) is 3.16. The monoisotopic (exact) mass is 276 g/mol. The van der Waals surface area contributed by atoms with E-state index < -0.39 is 16.7 Å². The molecule has 98 valence electrons. The van der Waals surface area contributed by atoms with Crippen LogP contribution in [0.1, 0.15) is 6.92 Å². The second-order valence-corrected chi connectivity index (χ2v) is 4.61. The van der Waals surface area contributed by atoms with E-state index in [1.807, 2.05) is 0 Å². The van der Waals surface area contributed by atoms with E-state index in [-0.39, 0.29) is 12.4 Å². The predicted molar refractivity (Wildman–Crippen MR) is 69.0 cm³/mol. The molecule has 0 fully saturated rings. The van der Waals surface area contributed by atoms with Crippen molar-refractivity contribution in [1.29, 1.82) is 0 Å². The Hall–Kier alpha value is -2.31. The summed E-state index contributed by atoms with van der Waals surface area (Å²) in [7, 11) is -1.35. The van der Waals surface area contributed by atoms with Gasteiger partial charge in [0.05, 0.1) is 21.4 Å². The van der Waals surface area contributed by atoms with Gasteiger partial charge in [-0.1, -0.05) is 25.0 Å². The second kappa shape index (κ2) is 7.91. The lowest BCUT2D eigenvalue weighted by atomic mass is 10.3. The number of rotatable bonds is 5. The minimum atomic E-state index is -1.35. The Kier molecular flexibility index (Phi) is 6.14. The summed E-state index contributed by atoms with van der Waals surface area (Å²) in [5.41, 5.74) is 0.382. The Morgan fingerprint density at radius 3 is 3.00 bits per heavy atom. The van der Waals surface area contributed by atoms with Crippen molar-refractivity contribution >= 4 is 22.4 Å². The molecule has 1 rings (SSSR count). The van der Waals surface area contributed by atoms with Gasteiger partial charge < -0.3 is 9.84 Å². The van der Waals surface area contributed by atoms with E-state index >= 15 is 0 Å². The third kappa shape index (κ3) is 4.82. The molecule has 0 aromatic heterocycles. The number of hydrogen-bond donors (Lipinski definition) is 0. The van der Waals surface area contributed by atoms with Gasteiger partial charge in [0.1, 0.15) is 9.90 Å². The molecule has 0 saturated heterocycles. The molecule has 5 nitrogen and oxygen atoms in total. The summed E-state index contributed by atoms with van der Waals surface area (Å²) in [6.45, 7) is 1.92. The van der Waals surface area contributed by atoms with E-state index in [9.17, 15) is 9.32 Å². The predicted octanol–water partition coefficient (Wildman–Crippen LogP) is 0.627. The van der Waals surface area contributed by atoms with Crippen molar-refractivity contribution in [2.75, 3.05) is 12.4 Å². The van der Waals surface area contributed by atoms with Crippen LogP contribution in [0, 0.1) is 12.3 Å². The molecule has 1 aromatic carbocycles. The topological polar surface area (TPSA) is 75.8 Å². The summed E-state index contributed by atoms with van der Waals surface area (Å²) < 4.78 is 16.4.